The van der Waals surface area contributed by atoms with Crippen molar-refractivity contribution in [2.24, 2.45) is 0 Å². The molecule has 0 amide bonds. The van der Waals surface area contributed by atoms with Gasteiger partial charge in [-0.25, -0.2) is 9.59 Å². The topological polar surface area (TPSA) is 64.6 Å². The van der Waals surface area contributed by atoms with Crippen LogP contribution in [0.15, 0.2) is 36.4 Å². The molecule has 0 aliphatic heterocycles. The summed E-state index contributed by atoms with van der Waals surface area (Å²) in [5, 5.41) is 4.86. The Morgan fingerprint density at radius 1 is 1.05 bits per heavy atom. The predicted molar refractivity (Wildman–Crippen MR) is 87.8 cm³/mol. The van der Waals surface area contributed by atoms with E-state index in [0.29, 0.717) is 5.56 Å². The van der Waals surface area contributed by atoms with E-state index in [-0.39, 0.29) is 19.0 Å². The minimum absolute atomic E-state index is 0. The number of ether oxygens (including phenoxy) is 2. The summed E-state index contributed by atoms with van der Waals surface area (Å²) in [6.07, 6.45) is -0.984. The number of carbonyl (C=O) groups is 2. The molecule has 2 rings (SSSR count). The summed E-state index contributed by atoms with van der Waals surface area (Å²) in [6.45, 7) is 4.58. The maximum atomic E-state index is 12.1. The van der Waals surface area contributed by atoms with Gasteiger partial charge in [0, 0.05) is 17.6 Å². The fourth-order valence-corrected chi connectivity index (χ4v) is 2.10. The van der Waals surface area contributed by atoms with Crippen molar-refractivity contribution < 1.29 is 19.1 Å². The van der Waals surface area contributed by atoms with Gasteiger partial charge in [-0.3, -0.25) is 0 Å². The summed E-state index contributed by atoms with van der Waals surface area (Å²) in [7, 11) is 0. The smallest absolute Gasteiger partial charge is 0.434 e. The molecule has 6 heteroatoms. The van der Waals surface area contributed by atoms with E-state index in [1.54, 1.807) is 19.1 Å². The second-order valence-corrected chi connectivity index (χ2v) is 4.31. The largest absolute Gasteiger partial charge is 0.516 e. The van der Waals surface area contributed by atoms with Crippen LogP contribution in [-0.2, 0) is 9.47 Å². The molecule has 0 radical (unpaired) electrons. The maximum absolute atomic E-state index is 12.1. The highest BCUT2D eigenvalue weighted by Gasteiger charge is 2.17. The van der Waals surface area contributed by atoms with E-state index in [2.05, 4.69) is 14.8 Å². The van der Waals surface area contributed by atoms with Gasteiger partial charge in [0.05, 0.1) is 12.2 Å². The van der Waals surface area contributed by atoms with Crippen LogP contribution in [0.5, 0.6) is 0 Å². The fourth-order valence-electron chi connectivity index (χ4n) is 2.10. The zero-order valence-electron chi connectivity index (χ0n) is 12.4. The molecule has 2 aromatic rings. The number of fused-ring (bicyclic) bond motifs is 1. The summed E-state index contributed by atoms with van der Waals surface area (Å²) in [5.41, 5.74) is 1.26. The molecule has 0 heterocycles. The van der Waals surface area contributed by atoms with E-state index in [0.717, 1.165) is 23.0 Å². The van der Waals surface area contributed by atoms with Crippen molar-refractivity contribution in [3.63, 3.8) is 0 Å². The average molecular weight is 324 g/mol. The highest BCUT2D eigenvalue weighted by atomic mass is 35.5. The molecule has 0 bridgehead atoms. The van der Waals surface area contributed by atoms with Crippen molar-refractivity contribution in [2.75, 3.05) is 18.5 Å². The molecule has 0 aliphatic carbocycles. The summed E-state index contributed by atoms with van der Waals surface area (Å²) < 4.78 is 9.28. The van der Waals surface area contributed by atoms with E-state index in [4.69, 9.17) is 0 Å². The van der Waals surface area contributed by atoms with Crippen LogP contribution in [0, 0.1) is 0 Å². The monoisotopic (exact) mass is 323 g/mol. The number of hydrogen-bond donors (Lipinski definition) is 1. The molecule has 0 aromatic heterocycles. The van der Waals surface area contributed by atoms with E-state index < -0.39 is 12.1 Å². The Kier molecular flexibility index (Phi) is 6.66. The summed E-state index contributed by atoms with van der Waals surface area (Å²) in [4.78, 5) is 23.3. The van der Waals surface area contributed by atoms with E-state index in [1.807, 2.05) is 31.2 Å². The Balaban J connectivity index is 0.00000242. The van der Waals surface area contributed by atoms with Crippen molar-refractivity contribution in [3.05, 3.63) is 42.0 Å². The van der Waals surface area contributed by atoms with Crippen molar-refractivity contribution >= 4 is 41.0 Å². The first-order valence-electron chi connectivity index (χ1n) is 6.82. The second-order valence-electron chi connectivity index (χ2n) is 4.31. The van der Waals surface area contributed by atoms with Crippen LogP contribution >= 0.6 is 12.4 Å². The minimum atomic E-state index is -0.984. The van der Waals surface area contributed by atoms with Crippen LogP contribution in [0.1, 0.15) is 24.2 Å². The highest BCUT2D eigenvalue weighted by Crippen LogP contribution is 2.27. The Hall–Kier alpha value is -2.27. The molecule has 0 saturated carbocycles. The van der Waals surface area contributed by atoms with Gasteiger partial charge < -0.3 is 14.8 Å². The number of nitrogens with one attached hydrogen (secondary N) is 1. The van der Waals surface area contributed by atoms with Crippen LogP contribution in [-0.4, -0.2) is 25.3 Å². The maximum Gasteiger partial charge on any atom is 0.516 e. The number of halogens is 1. The quantitative estimate of drug-likeness (QED) is 0.680. The first-order valence-corrected chi connectivity index (χ1v) is 6.82. The number of esters is 1. The number of carbonyl (C=O) groups excluding carboxylic acids is 2. The lowest BCUT2D eigenvalue weighted by Gasteiger charge is -2.11. The summed E-state index contributed by atoms with van der Waals surface area (Å²) in [5.74, 6) is -0.715. The molecule has 0 spiro atoms. The number of anilines is 1. The van der Waals surface area contributed by atoms with E-state index >= 15 is 0 Å². The third kappa shape index (κ3) is 3.89. The molecule has 1 N–H and O–H groups in total. The van der Waals surface area contributed by atoms with Gasteiger partial charge in [0.25, 0.3) is 0 Å². The zero-order valence-corrected chi connectivity index (χ0v) is 13.2. The molecular weight excluding hydrogens is 306 g/mol. The number of rotatable bonds is 4. The van der Waals surface area contributed by atoms with E-state index in [9.17, 15) is 9.59 Å². The van der Waals surface area contributed by atoms with Crippen molar-refractivity contribution in [3.8, 4) is 0 Å². The van der Waals surface area contributed by atoms with Gasteiger partial charge in [-0.2, -0.15) is 0 Å². The molecule has 22 heavy (non-hydrogen) atoms. The number of hydrogen-bond acceptors (Lipinski definition) is 5. The Bertz CT molecular complexity index is 672. The lowest BCUT2D eigenvalue weighted by Crippen LogP contribution is -2.14. The molecule has 5 nitrogen and oxygen atoms in total. The van der Waals surface area contributed by atoms with Gasteiger partial charge in [0.1, 0.15) is 0 Å². The van der Waals surface area contributed by atoms with Gasteiger partial charge in [-0.1, -0.05) is 24.3 Å². The van der Waals surface area contributed by atoms with Crippen LogP contribution in [0.3, 0.4) is 0 Å². The van der Waals surface area contributed by atoms with Crippen molar-refractivity contribution in [1.29, 1.82) is 0 Å². The molecule has 0 unspecified atom stereocenters. The molecule has 0 saturated heterocycles. The predicted octanol–water partition coefficient (Wildman–Crippen LogP) is 4.01. The first-order chi connectivity index (χ1) is 10.2. The summed E-state index contributed by atoms with van der Waals surface area (Å²) >= 11 is 0. The average Bonchev–Trinajstić information content (AvgIpc) is 2.48. The third-order valence-electron chi connectivity index (χ3n) is 2.95. The van der Waals surface area contributed by atoms with Gasteiger partial charge >= 0.3 is 12.1 Å². The van der Waals surface area contributed by atoms with Crippen molar-refractivity contribution in [1.82, 2.24) is 0 Å². The molecule has 0 atom stereocenters. The van der Waals surface area contributed by atoms with Gasteiger partial charge in [-0.15, -0.1) is 12.4 Å². The third-order valence-corrected chi connectivity index (χ3v) is 2.95. The lowest BCUT2D eigenvalue weighted by molar-refractivity contribution is 0.0403. The van der Waals surface area contributed by atoms with Crippen LogP contribution < -0.4 is 5.32 Å². The van der Waals surface area contributed by atoms with Gasteiger partial charge in [0.2, 0.25) is 0 Å². The van der Waals surface area contributed by atoms with E-state index in [1.165, 1.54) is 0 Å². The van der Waals surface area contributed by atoms with Crippen LogP contribution in [0.2, 0.25) is 0 Å². The fraction of sp³-hybridized carbons (Fsp3) is 0.250. The van der Waals surface area contributed by atoms with Gasteiger partial charge in [0.15, 0.2) is 0 Å². The Labute approximate surface area is 135 Å². The first kappa shape index (κ1) is 17.8. The van der Waals surface area contributed by atoms with Gasteiger partial charge in [-0.05, 0) is 31.4 Å². The van der Waals surface area contributed by atoms with Crippen LogP contribution in [0.4, 0.5) is 10.5 Å². The zero-order chi connectivity index (χ0) is 15.2. The minimum Gasteiger partial charge on any atom is -0.434 e. The Morgan fingerprint density at radius 2 is 1.73 bits per heavy atom. The SMILES string of the molecule is CCNc1ccc(C(=O)OC(=O)OCC)c2ccccc12.Cl. The Morgan fingerprint density at radius 3 is 2.36 bits per heavy atom. The van der Waals surface area contributed by atoms with Crippen molar-refractivity contribution in [2.45, 2.75) is 13.8 Å². The lowest BCUT2D eigenvalue weighted by atomic mass is 10.0. The summed E-state index contributed by atoms with van der Waals surface area (Å²) in [6, 6.07) is 10.9. The molecule has 118 valence electrons. The second kappa shape index (κ2) is 8.24. The standard InChI is InChI=1S/C16H17NO4.ClH/c1-3-17-14-10-9-13(11-7-5-6-8-12(11)14)15(18)21-16(19)20-4-2;/h5-10,17H,3-4H2,1-2H3;1H. The molecule has 0 aliphatic rings. The molecule has 0 fully saturated rings. The highest BCUT2D eigenvalue weighted by molar-refractivity contribution is 6.10. The normalized spacial score (nSPS) is 9.73. The molecular formula is C16H18ClNO4. The molecule has 2 aromatic carbocycles. The number of benzene rings is 2. The van der Waals surface area contributed by atoms with Crippen LogP contribution in [0.25, 0.3) is 10.8 Å².